The van der Waals surface area contributed by atoms with E-state index >= 15 is 0 Å². The number of ether oxygens (including phenoxy) is 3. The molecule has 1 aliphatic carbocycles. The number of benzene rings is 1. The van der Waals surface area contributed by atoms with Gasteiger partial charge in [0.1, 0.15) is 12.0 Å². The van der Waals surface area contributed by atoms with Gasteiger partial charge >= 0.3 is 5.97 Å². The van der Waals surface area contributed by atoms with Gasteiger partial charge in [0.25, 0.3) is 0 Å². The van der Waals surface area contributed by atoms with Gasteiger partial charge in [-0.05, 0) is 42.9 Å². The van der Waals surface area contributed by atoms with E-state index in [1.807, 2.05) is 19.1 Å². The lowest BCUT2D eigenvalue weighted by Gasteiger charge is -2.15. The maximum Gasteiger partial charge on any atom is 0.377 e. The second kappa shape index (κ2) is 7.16. The lowest BCUT2D eigenvalue weighted by Crippen LogP contribution is -2.12. The highest BCUT2D eigenvalue weighted by molar-refractivity contribution is 5.86. The van der Waals surface area contributed by atoms with Gasteiger partial charge < -0.3 is 14.2 Å². The van der Waals surface area contributed by atoms with Gasteiger partial charge in [-0.2, -0.15) is 0 Å². The van der Waals surface area contributed by atoms with E-state index in [2.05, 4.69) is 6.07 Å². The molecule has 1 aliphatic rings. The van der Waals surface area contributed by atoms with Gasteiger partial charge in [-0.25, -0.2) is 4.79 Å². The Balaban J connectivity index is 2.23. The summed E-state index contributed by atoms with van der Waals surface area (Å²) in [6, 6.07) is 6.21. The molecule has 0 atom stereocenters. The number of hydrogen-bond donors (Lipinski definition) is 0. The molecule has 1 fully saturated rings. The number of carbonyl (C=O) groups excluding carboxylic acids is 1. The average molecular weight is 290 g/mol. The van der Waals surface area contributed by atoms with E-state index in [0.717, 1.165) is 5.56 Å². The fourth-order valence-corrected chi connectivity index (χ4v) is 2.68. The fraction of sp³-hybridized carbons (Fsp3) is 0.471. The van der Waals surface area contributed by atoms with Crippen molar-refractivity contribution in [2.75, 3.05) is 14.2 Å². The van der Waals surface area contributed by atoms with Crippen molar-refractivity contribution in [3.05, 3.63) is 41.3 Å². The smallest absolute Gasteiger partial charge is 0.377 e. The fourth-order valence-electron chi connectivity index (χ4n) is 2.68. The molecule has 0 amide bonds. The molecule has 4 heteroatoms. The topological polar surface area (TPSA) is 44.8 Å². The van der Waals surface area contributed by atoms with Crippen molar-refractivity contribution in [2.24, 2.45) is 0 Å². The maximum absolute atomic E-state index is 11.7. The summed E-state index contributed by atoms with van der Waals surface area (Å²) in [6.07, 6.45) is 6.27. The zero-order chi connectivity index (χ0) is 15.2. The Labute approximate surface area is 125 Å². The number of hydrogen-bond acceptors (Lipinski definition) is 4. The molecule has 1 aromatic rings. The van der Waals surface area contributed by atoms with Crippen LogP contribution in [0.1, 0.15) is 42.7 Å². The van der Waals surface area contributed by atoms with Crippen molar-refractivity contribution >= 4 is 5.97 Å². The van der Waals surface area contributed by atoms with Gasteiger partial charge in [0.15, 0.2) is 0 Å². The van der Waals surface area contributed by atoms with Gasteiger partial charge in [-0.1, -0.05) is 25.0 Å². The van der Waals surface area contributed by atoms with E-state index in [-0.39, 0.29) is 5.76 Å². The molecule has 2 rings (SSSR count). The van der Waals surface area contributed by atoms with Crippen LogP contribution >= 0.6 is 0 Å². The first kappa shape index (κ1) is 15.4. The van der Waals surface area contributed by atoms with Crippen molar-refractivity contribution in [2.45, 2.75) is 38.5 Å². The average Bonchev–Trinajstić information content (AvgIpc) is 3.02. The maximum atomic E-state index is 11.7. The standard InChI is InChI=1S/C17H22O4/c1-12-8-9-14(13-6-4-5-7-13)10-15(12)21-16(11-19-2)17(18)20-3/h8-11,13H,4-7H2,1-3H3/b16-11-. The van der Waals surface area contributed by atoms with Gasteiger partial charge in [0.05, 0.1) is 14.2 Å². The van der Waals surface area contributed by atoms with Crippen LogP contribution in [0.4, 0.5) is 0 Å². The second-order valence-corrected chi connectivity index (χ2v) is 5.32. The molecule has 114 valence electrons. The Hall–Kier alpha value is -1.97. The molecular weight excluding hydrogens is 268 g/mol. The summed E-state index contributed by atoms with van der Waals surface area (Å²) < 4.78 is 15.3. The zero-order valence-corrected chi connectivity index (χ0v) is 12.8. The lowest BCUT2D eigenvalue weighted by atomic mass is 9.96. The monoisotopic (exact) mass is 290 g/mol. The molecule has 4 nitrogen and oxygen atoms in total. The molecule has 0 aromatic heterocycles. The predicted octanol–water partition coefficient (Wildman–Crippen LogP) is 3.69. The lowest BCUT2D eigenvalue weighted by molar-refractivity contribution is -0.138. The van der Waals surface area contributed by atoms with Crippen LogP contribution in [0, 0.1) is 6.92 Å². The first-order valence-corrected chi connectivity index (χ1v) is 7.25. The molecule has 0 aliphatic heterocycles. The first-order valence-electron chi connectivity index (χ1n) is 7.25. The number of rotatable bonds is 5. The van der Waals surface area contributed by atoms with E-state index < -0.39 is 5.97 Å². The molecule has 0 heterocycles. The third-order valence-electron chi connectivity index (χ3n) is 3.87. The minimum absolute atomic E-state index is 0.0478. The predicted molar refractivity (Wildman–Crippen MR) is 80.1 cm³/mol. The van der Waals surface area contributed by atoms with E-state index in [0.29, 0.717) is 11.7 Å². The number of aryl methyl sites for hydroxylation is 1. The number of methoxy groups -OCH3 is 2. The van der Waals surface area contributed by atoms with Crippen LogP contribution in [0.5, 0.6) is 5.75 Å². The first-order chi connectivity index (χ1) is 10.2. The third-order valence-corrected chi connectivity index (χ3v) is 3.87. The molecule has 0 bridgehead atoms. The van der Waals surface area contributed by atoms with E-state index in [1.54, 1.807) is 0 Å². The van der Waals surface area contributed by atoms with Crippen molar-refractivity contribution in [1.29, 1.82) is 0 Å². The Morgan fingerprint density at radius 3 is 2.57 bits per heavy atom. The van der Waals surface area contributed by atoms with Crippen LogP contribution in [0.15, 0.2) is 30.2 Å². The summed E-state index contributed by atoms with van der Waals surface area (Å²) in [5.41, 5.74) is 2.25. The number of esters is 1. The van der Waals surface area contributed by atoms with Crippen LogP contribution in [-0.2, 0) is 14.3 Å². The molecule has 1 aromatic carbocycles. The summed E-state index contributed by atoms with van der Waals surface area (Å²) in [5.74, 6) is 0.767. The Morgan fingerprint density at radius 2 is 1.95 bits per heavy atom. The van der Waals surface area contributed by atoms with Crippen LogP contribution < -0.4 is 4.74 Å². The van der Waals surface area contributed by atoms with E-state index in [1.165, 1.54) is 51.7 Å². The minimum Gasteiger partial charge on any atom is -0.500 e. The third kappa shape index (κ3) is 3.78. The van der Waals surface area contributed by atoms with E-state index in [4.69, 9.17) is 14.2 Å². The van der Waals surface area contributed by atoms with Crippen LogP contribution in [0.2, 0.25) is 0 Å². The van der Waals surface area contributed by atoms with E-state index in [9.17, 15) is 4.79 Å². The summed E-state index contributed by atoms with van der Waals surface area (Å²) in [5, 5.41) is 0. The highest BCUT2D eigenvalue weighted by Crippen LogP contribution is 2.36. The Kier molecular flexibility index (Phi) is 5.26. The van der Waals surface area contributed by atoms with Crippen LogP contribution in [0.25, 0.3) is 0 Å². The molecule has 0 spiro atoms. The molecule has 0 unspecified atom stereocenters. The highest BCUT2D eigenvalue weighted by Gasteiger charge is 2.19. The van der Waals surface area contributed by atoms with Crippen molar-refractivity contribution in [3.8, 4) is 5.75 Å². The molecule has 0 saturated heterocycles. The van der Waals surface area contributed by atoms with Crippen LogP contribution in [0.3, 0.4) is 0 Å². The molecule has 21 heavy (non-hydrogen) atoms. The summed E-state index contributed by atoms with van der Waals surface area (Å²) in [6.45, 7) is 1.95. The largest absolute Gasteiger partial charge is 0.500 e. The van der Waals surface area contributed by atoms with Gasteiger partial charge in [0, 0.05) is 0 Å². The molecular formula is C17H22O4. The Bertz CT molecular complexity index is 528. The van der Waals surface area contributed by atoms with Crippen molar-refractivity contribution in [3.63, 3.8) is 0 Å². The number of carbonyl (C=O) groups is 1. The summed E-state index contributed by atoms with van der Waals surface area (Å²) >= 11 is 0. The van der Waals surface area contributed by atoms with Gasteiger partial charge in [-0.3, -0.25) is 0 Å². The van der Waals surface area contributed by atoms with Crippen LogP contribution in [-0.4, -0.2) is 20.2 Å². The molecule has 1 saturated carbocycles. The SMILES string of the molecule is CO/C=C(\Oc1cc(C2CCCC2)ccc1C)C(=O)OC. The van der Waals surface area contributed by atoms with Crippen molar-refractivity contribution < 1.29 is 19.0 Å². The second-order valence-electron chi connectivity index (χ2n) is 5.32. The van der Waals surface area contributed by atoms with Crippen molar-refractivity contribution in [1.82, 2.24) is 0 Å². The normalized spacial score (nSPS) is 15.9. The molecule has 0 N–H and O–H groups in total. The molecule has 0 radical (unpaired) electrons. The van der Waals surface area contributed by atoms with Gasteiger partial charge in [0.2, 0.25) is 5.76 Å². The van der Waals surface area contributed by atoms with Gasteiger partial charge in [-0.15, -0.1) is 0 Å². The quantitative estimate of drug-likeness (QED) is 0.471. The Morgan fingerprint density at radius 1 is 1.24 bits per heavy atom. The zero-order valence-electron chi connectivity index (χ0n) is 12.8. The summed E-state index contributed by atoms with van der Waals surface area (Å²) in [4.78, 5) is 11.7. The highest BCUT2D eigenvalue weighted by atomic mass is 16.6. The minimum atomic E-state index is -0.553. The summed E-state index contributed by atoms with van der Waals surface area (Å²) in [7, 11) is 2.78.